The van der Waals surface area contributed by atoms with Crippen molar-refractivity contribution >= 4 is 0 Å². The summed E-state index contributed by atoms with van der Waals surface area (Å²) in [5.74, 6) is 2.72. The highest BCUT2D eigenvalue weighted by Gasteiger charge is 2.30. The average Bonchev–Trinajstić information content (AvgIpc) is 2.97. The Labute approximate surface area is 107 Å². The van der Waals surface area contributed by atoms with Crippen molar-refractivity contribution in [1.29, 1.82) is 0 Å². The summed E-state index contributed by atoms with van der Waals surface area (Å²) in [6, 6.07) is 0.0299. The van der Waals surface area contributed by atoms with Crippen LogP contribution in [-0.4, -0.2) is 27.9 Å². The lowest BCUT2D eigenvalue weighted by Crippen LogP contribution is -2.15. The van der Waals surface area contributed by atoms with E-state index in [-0.39, 0.29) is 12.1 Å². The SMILES string of the molecule is CC1CCCC(c2noc([C@H]3C[C@@H](O)CN3)n2)C1. The van der Waals surface area contributed by atoms with Crippen LogP contribution in [0.5, 0.6) is 0 Å². The van der Waals surface area contributed by atoms with E-state index >= 15 is 0 Å². The molecule has 0 amide bonds. The van der Waals surface area contributed by atoms with Gasteiger partial charge < -0.3 is 14.9 Å². The van der Waals surface area contributed by atoms with Gasteiger partial charge in [-0.15, -0.1) is 0 Å². The molecule has 18 heavy (non-hydrogen) atoms. The van der Waals surface area contributed by atoms with Crippen molar-refractivity contribution in [3.63, 3.8) is 0 Å². The van der Waals surface area contributed by atoms with Crippen LogP contribution in [0.4, 0.5) is 0 Å². The minimum atomic E-state index is -0.292. The number of β-amino-alcohol motifs (C(OH)–C–C–N with tert-alkyl or cyclic N) is 1. The second-order valence-corrected chi connectivity index (χ2v) is 5.81. The normalized spacial score (nSPS) is 37.0. The van der Waals surface area contributed by atoms with E-state index in [0.29, 0.717) is 24.8 Å². The Morgan fingerprint density at radius 2 is 2.22 bits per heavy atom. The molecule has 5 heteroatoms. The summed E-state index contributed by atoms with van der Waals surface area (Å²) < 4.78 is 5.35. The predicted molar refractivity (Wildman–Crippen MR) is 66.0 cm³/mol. The van der Waals surface area contributed by atoms with Crippen LogP contribution in [0.2, 0.25) is 0 Å². The van der Waals surface area contributed by atoms with Crippen molar-refractivity contribution in [1.82, 2.24) is 15.5 Å². The maximum absolute atomic E-state index is 9.50. The first-order valence-electron chi connectivity index (χ1n) is 6.97. The molecule has 1 aliphatic heterocycles. The van der Waals surface area contributed by atoms with Gasteiger partial charge in [-0.1, -0.05) is 24.9 Å². The predicted octanol–water partition coefficient (Wildman–Crippen LogP) is 1.76. The zero-order valence-corrected chi connectivity index (χ0v) is 10.8. The van der Waals surface area contributed by atoms with Gasteiger partial charge in [0.2, 0.25) is 5.89 Å². The largest absolute Gasteiger partial charge is 0.392 e. The Bertz CT molecular complexity index is 407. The number of nitrogens with one attached hydrogen (secondary N) is 1. The van der Waals surface area contributed by atoms with Crippen LogP contribution in [0, 0.1) is 5.92 Å². The van der Waals surface area contributed by atoms with Crippen molar-refractivity contribution in [2.45, 2.75) is 57.1 Å². The Kier molecular flexibility index (Phi) is 3.35. The summed E-state index contributed by atoms with van der Waals surface area (Å²) in [5.41, 5.74) is 0. The lowest BCUT2D eigenvalue weighted by molar-refractivity contribution is 0.191. The summed E-state index contributed by atoms with van der Waals surface area (Å²) >= 11 is 0. The van der Waals surface area contributed by atoms with Crippen molar-refractivity contribution in [2.24, 2.45) is 5.92 Å². The quantitative estimate of drug-likeness (QED) is 0.838. The highest BCUT2D eigenvalue weighted by atomic mass is 16.5. The minimum absolute atomic E-state index is 0.0299. The van der Waals surface area contributed by atoms with Crippen LogP contribution < -0.4 is 5.32 Å². The van der Waals surface area contributed by atoms with Crippen LogP contribution in [0.3, 0.4) is 0 Å². The Morgan fingerprint density at radius 3 is 2.94 bits per heavy atom. The number of aliphatic hydroxyl groups excluding tert-OH is 1. The van der Waals surface area contributed by atoms with Gasteiger partial charge in [-0.2, -0.15) is 4.98 Å². The van der Waals surface area contributed by atoms with E-state index in [4.69, 9.17) is 4.52 Å². The van der Waals surface area contributed by atoms with Crippen LogP contribution in [0.15, 0.2) is 4.52 Å². The summed E-state index contributed by atoms with van der Waals surface area (Å²) in [7, 11) is 0. The molecular formula is C13H21N3O2. The smallest absolute Gasteiger partial charge is 0.243 e. The zero-order chi connectivity index (χ0) is 12.5. The molecule has 2 N–H and O–H groups in total. The van der Waals surface area contributed by atoms with Gasteiger partial charge in [0.15, 0.2) is 5.82 Å². The fourth-order valence-electron chi connectivity index (χ4n) is 3.13. The maximum atomic E-state index is 9.50. The van der Waals surface area contributed by atoms with Crippen LogP contribution in [0.1, 0.15) is 62.7 Å². The van der Waals surface area contributed by atoms with Crippen LogP contribution in [0.25, 0.3) is 0 Å². The maximum Gasteiger partial charge on any atom is 0.243 e. The first-order chi connectivity index (χ1) is 8.72. The van der Waals surface area contributed by atoms with Gasteiger partial charge in [0.05, 0.1) is 12.1 Å². The number of hydrogen-bond donors (Lipinski definition) is 2. The first-order valence-corrected chi connectivity index (χ1v) is 6.97. The molecule has 5 nitrogen and oxygen atoms in total. The second kappa shape index (κ2) is 4.97. The number of hydrogen-bond acceptors (Lipinski definition) is 5. The molecule has 2 unspecified atom stereocenters. The highest BCUT2D eigenvalue weighted by molar-refractivity contribution is 5.02. The van der Waals surface area contributed by atoms with Crippen molar-refractivity contribution in [2.75, 3.05) is 6.54 Å². The van der Waals surface area contributed by atoms with E-state index in [1.165, 1.54) is 25.7 Å². The van der Waals surface area contributed by atoms with E-state index in [9.17, 15) is 5.11 Å². The summed E-state index contributed by atoms with van der Waals surface area (Å²) in [6.45, 7) is 2.91. The molecule has 1 aliphatic carbocycles. The molecule has 3 rings (SSSR count). The van der Waals surface area contributed by atoms with Gasteiger partial charge in [0, 0.05) is 12.5 Å². The molecule has 1 saturated carbocycles. The average molecular weight is 251 g/mol. The Morgan fingerprint density at radius 1 is 1.33 bits per heavy atom. The summed E-state index contributed by atoms with van der Waals surface area (Å²) in [5, 5.41) is 16.8. The molecule has 0 bridgehead atoms. The molecule has 4 atom stereocenters. The van der Waals surface area contributed by atoms with E-state index in [0.717, 1.165) is 11.7 Å². The fourth-order valence-corrected chi connectivity index (χ4v) is 3.13. The third kappa shape index (κ3) is 2.42. The second-order valence-electron chi connectivity index (χ2n) is 5.81. The molecule has 100 valence electrons. The molecule has 2 fully saturated rings. The van der Waals surface area contributed by atoms with E-state index in [2.05, 4.69) is 22.4 Å². The van der Waals surface area contributed by atoms with Gasteiger partial charge in [0.1, 0.15) is 0 Å². The molecule has 1 aromatic rings. The molecule has 1 saturated heterocycles. The van der Waals surface area contributed by atoms with Gasteiger partial charge >= 0.3 is 0 Å². The van der Waals surface area contributed by atoms with Crippen molar-refractivity contribution in [3.05, 3.63) is 11.7 Å². The van der Waals surface area contributed by atoms with E-state index in [1.54, 1.807) is 0 Å². The number of rotatable bonds is 2. The molecule has 2 aliphatic rings. The topological polar surface area (TPSA) is 71.2 Å². The Balaban J connectivity index is 1.69. The van der Waals surface area contributed by atoms with Gasteiger partial charge in [-0.3, -0.25) is 0 Å². The lowest BCUT2D eigenvalue weighted by Gasteiger charge is -2.23. The molecule has 2 heterocycles. The van der Waals surface area contributed by atoms with Gasteiger partial charge in [-0.25, -0.2) is 0 Å². The lowest BCUT2D eigenvalue weighted by atomic mass is 9.82. The van der Waals surface area contributed by atoms with E-state index in [1.807, 2.05) is 0 Å². The number of nitrogens with zero attached hydrogens (tertiary/aromatic N) is 2. The molecule has 0 spiro atoms. The number of aliphatic hydroxyl groups is 1. The summed E-state index contributed by atoms with van der Waals surface area (Å²) in [6.07, 6.45) is 5.29. The van der Waals surface area contributed by atoms with E-state index < -0.39 is 0 Å². The molecule has 0 radical (unpaired) electrons. The molecule has 1 aromatic heterocycles. The van der Waals surface area contributed by atoms with Crippen LogP contribution >= 0.6 is 0 Å². The van der Waals surface area contributed by atoms with Crippen LogP contribution in [-0.2, 0) is 0 Å². The monoisotopic (exact) mass is 251 g/mol. The number of aromatic nitrogens is 2. The van der Waals surface area contributed by atoms with Crippen molar-refractivity contribution in [3.8, 4) is 0 Å². The molecule has 0 aromatic carbocycles. The first kappa shape index (κ1) is 12.1. The summed E-state index contributed by atoms with van der Waals surface area (Å²) in [4.78, 5) is 4.53. The third-order valence-corrected chi connectivity index (χ3v) is 4.16. The third-order valence-electron chi connectivity index (χ3n) is 4.16. The zero-order valence-electron chi connectivity index (χ0n) is 10.8. The fraction of sp³-hybridized carbons (Fsp3) is 0.846. The Hall–Kier alpha value is -0.940. The minimum Gasteiger partial charge on any atom is -0.392 e. The van der Waals surface area contributed by atoms with Crippen molar-refractivity contribution < 1.29 is 9.63 Å². The van der Waals surface area contributed by atoms with Gasteiger partial charge in [-0.05, 0) is 25.2 Å². The molecular weight excluding hydrogens is 230 g/mol. The highest BCUT2D eigenvalue weighted by Crippen LogP contribution is 2.35. The van der Waals surface area contributed by atoms with Gasteiger partial charge in [0.25, 0.3) is 0 Å². The standard InChI is InChI=1S/C13H21N3O2/c1-8-3-2-4-9(5-8)12-15-13(18-16-12)11-6-10(17)7-14-11/h8-11,14,17H,2-7H2,1H3/t8?,9?,10-,11-/m1/s1.